The lowest BCUT2D eigenvalue weighted by Crippen LogP contribution is -2.10. The second kappa shape index (κ2) is 5.32. The molecule has 11 heteroatoms. The Kier molecular flexibility index (Phi) is 4.08. The molecule has 0 aliphatic carbocycles. The summed E-state index contributed by atoms with van der Waals surface area (Å²) < 4.78 is 27.4. The number of carbonyl (C=O) groups excluding carboxylic acids is 1. The van der Waals surface area contributed by atoms with E-state index < -0.39 is 16.5 Å². The fourth-order valence-corrected chi connectivity index (χ4v) is 0.999. The van der Waals surface area contributed by atoms with Crippen molar-refractivity contribution in [1.29, 1.82) is 0 Å². The molecular weight excluding hydrogens is 262 g/mol. The van der Waals surface area contributed by atoms with Gasteiger partial charge in [-0.2, -0.15) is 23.4 Å². The van der Waals surface area contributed by atoms with E-state index in [4.69, 9.17) is 11.6 Å². The molecule has 1 N–H and O–H groups in total. The predicted octanol–water partition coefficient (Wildman–Crippen LogP) is 0.128. The van der Waals surface area contributed by atoms with Crippen molar-refractivity contribution in [2.75, 3.05) is 12.4 Å². The molecule has 86 valence electrons. The Labute approximate surface area is 95.5 Å². The molecule has 0 saturated carbocycles. The Morgan fingerprint density at radius 1 is 1.44 bits per heavy atom. The van der Waals surface area contributed by atoms with E-state index in [-0.39, 0.29) is 17.2 Å². The van der Waals surface area contributed by atoms with E-state index in [0.717, 1.165) is 0 Å². The van der Waals surface area contributed by atoms with Crippen LogP contribution in [0.2, 0.25) is 5.28 Å². The zero-order valence-electron chi connectivity index (χ0n) is 7.71. The van der Waals surface area contributed by atoms with Crippen LogP contribution in [0.3, 0.4) is 0 Å². The topological polar surface area (TPSA) is 124 Å². The van der Waals surface area contributed by atoms with Gasteiger partial charge in [-0.3, -0.25) is 5.32 Å². The Hall–Kier alpha value is -1.81. The highest BCUT2D eigenvalue weighted by atomic mass is 35.5. The summed E-state index contributed by atoms with van der Waals surface area (Å²) in [5, 5.41) is 1.75. The van der Waals surface area contributed by atoms with Crippen LogP contribution in [-0.2, 0) is 10.5 Å². The van der Waals surface area contributed by atoms with Crippen molar-refractivity contribution in [3.63, 3.8) is 0 Å². The molecule has 2 amide bonds. The van der Waals surface area contributed by atoms with E-state index in [9.17, 15) is 13.2 Å². The van der Waals surface area contributed by atoms with Crippen molar-refractivity contribution < 1.29 is 17.9 Å². The van der Waals surface area contributed by atoms with Crippen LogP contribution in [0.5, 0.6) is 6.01 Å². The number of hydrogen-bond donors (Lipinski definition) is 1. The summed E-state index contributed by atoms with van der Waals surface area (Å²) in [5.41, 5.74) is 0. The molecule has 0 atom stereocenters. The number of hydrogen-bond acceptors (Lipinski definition) is 7. The quantitative estimate of drug-likeness (QED) is 0.806. The van der Waals surface area contributed by atoms with Gasteiger partial charge in [-0.05, 0) is 11.6 Å². The van der Waals surface area contributed by atoms with E-state index in [0.29, 0.717) is 0 Å². The van der Waals surface area contributed by atoms with Crippen LogP contribution < -0.4 is 10.1 Å². The standard InChI is InChI=1S/C5H4ClN5O4S/c1-15-5-8-2(6)7-3(10-5)9-4(12)11-16(13)14/h1H3,(H,7,8,9,10,12). The molecule has 1 aromatic heterocycles. The molecule has 0 bridgehead atoms. The van der Waals surface area contributed by atoms with Crippen molar-refractivity contribution in [3.05, 3.63) is 5.28 Å². The maximum atomic E-state index is 10.9. The molecule has 0 aromatic carbocycles. The molecule has 0 fully saturated rings. The first-order valence-electron chi connectivity index (χ1n) is 3.59. The van der Waals surface area contributed by atoms with Gasteiger partial charge in [-0.15, -0.1) is 0 Å². The van der Waals surface area contributed by atoms with Gasteiger partial charge in [0.2, 0.25) is 11.2 Å². The lowest BCUT2D eigenvalue weighted by Gasteiger charge is -2.01. The number of anilines is 1. The van der Waals surface area contributed by atoms with Crippen LogP contribution in [-0.4, -0.2) is 36.5 Å². The van der Waals surface area contributed by atoms with E-state index in [1.165, 1.54) is 7.11 Å². The Morgan fingerprint density at radius 2 is 2.12 bits per heavy atom. The van der Waals surface area contributed by atoms with E-state index in [1.54, 1.807) is 0 Å². The van der Waals surface area contributed by atoms with Gasteiger partial charge in [0.05, 0.1) is 7.11 Å². The molecule has 1 aromatic rings. The molecule has 0 aliphatic rings. The highest BCUT2D eigenvalue weighted by Crippen LogP contribution is 2.10. The minimum atomic E-state index is -2.85. The van der Waals surface area contributed by atoms with Gasteiger partial charge >= 0.3 is 22.5 Å². The van der Waals surface area contributed by atoms with Crippen molar-refractivity contribution in [3.8, 4) is 6.01 Å². The number of nitrogens with zero attached hydrogens (tertiary/aromatic N) is 4. The molecule has 1 rings (SSSR count). The Morgan fingerprint density at radius 3 is 2.69 bits per heavy atom. The predicted molar refractivity (Wildman–Crippen MR) is 51.8 cm³/mol. The number of nitrogens with one attached hydrogen (secondary N) is 1. The third-order valence-corrected chi connectivity index (χ3v) is 1.63. The zero-order chi connectivity index (χ0) is 12.1. The van der Waals surface area contributed by atoms with Crippen LogP contribution in [0.25, 0.3) is 0 Å². The number of methoxy groups -OCH3 is 1. The number of urea groups is 1. The largest absolute Gasteiger partial charge is 0.467 e. The van der Waals surface area contributed by atoms with E-state index in [1.807, 2.05) is 5.32 Å². The van der Waals surface area contributed by atoms with Crippen molar-refractivity contribution >= 4 is 34.1 Å². The monoisotopic (exact) mass is 265 g/mol. The first-order chi connectivity index (χ1) is 7.51. The first-order valence-corrected chi connectivity index (χ1v) is 5.00. The summed E-state index contributed by atoms with van der Waals surface area (Å²) in [7, 11) is -1.57. The molecule has 9 nitrogen and oxygen atoms in total. The minimum absolute atomic E-state index is 0.126. The summed E-state index contributed by atoms with van der Waals surface area (Å²) in [6.45, 7) is 0. The molecule has 16 heavy (non-hydrogen) atoms. The number of aromatic nitrogens is 3. The van der Waals surface area contributed by atoms with Crippen LogP contribution in [0.1, 0.15) is 0 Å². The molecule has 0 unspecified atom stereocenters. The highest BCUT2D eigenvalue weighted by Gasteiger charge is 2.08. The average Bonchev–Trinajstić information content (AvgIpc) is 2.14. The third kappa shape index (κ3) is 3.74. The van der Waals surface area contributed by atoms with Gasteiger partial charge in [0.1, 0.15) is 0 Å². The second-order valence-electron chi connectivity index (χ2n) is 2.15. The smallest absolute Gasteiger partial charge is 0.362 e. The van der Waals surface area contributed by atoms with Gasteiger partial charge in [-0.25, -0.2) is 4.79 Å². The molecule has 1 heterocycles. The van der Waals surface area contributed by atoms with E-state index in [2.05, 4.69) is 24.1 Å². The lowest BCUT2D eigenvalue weighted by molar-refractivity contribution is 0.259. The fraction of sp³-hybridized carbons (Fsp3) is 0.200. The third-order valence-electron chi connectivity index (χ3n) is 1.15. The molecule has 0 saturated heterocycles. The molecule has 0 spiro atoms. The van der Waals surface area contributed by atoms with Crippen LogP contribution >= 0.6 is 11.6 Å². The molecular formula is C5H4ClN5O4S. The van der Waals surface area contributed by atoms with Crippen LogP contribution in [0.4, 0.5) is 10.7 Å². The van der Waals surface area contributed by atoms with Gasteiger partial charge in [-0.1, -0.05) is 4.36 Å². The summed E-state index contributed by atoms with van der Waals surface area (Å²) in [4.78, 5) is 21.5. The summed E-state index contributed by atoms with van der Waals surface area (Å²) in [6, 6.07) is -1.28. The normalized spacial score (nSPS) is 9.38. The van der Waals surface area contributed by atoms with Gasteiger partial charge < -0.3 is 4.74 Å². The maximum absolute atomic E-state index is 10.9. The summed E-state index contributed by atoms with van der Waals surface area (Å²) >= 11 is 5.47. The van der Waals surface area contributed by atoms with Gasteiger partial charge in [0.25, 0.3) is 0 Å². The Bertz CT molecular complexity index is 536. The fourth-order valence-electron chi connectivity index (χ4n) is 0.665. The number of rotatable bonds is 2. The molecule has 0 radical (unpaired) electrons. The maximum Gasteiger partial charge on any atom is 0.362 e. The highest BCUT2D eigenvalue weighted by molar-refractivity contribution is 7.62. The number of ether oxygens (including phenoxy) is 1. The van der Waals surface area contributed by atoms with E-state index >= 15 is 0 Å². The van der Waals surface area contributed by atoms with Crippen LogP contribution in [0.15, 0.2) is 4.36 Å². The Balaban J connectivity index is 2.93. The summed E-state index contributed by atoms with van der Waals surface area (Å²) in [5.74, 6) is -0.268. The summed E-state index contributed by atoms with van der Waals surface area (Å²) in [6.07, 6.45) is 0. The second-order valence-corrected chi connectivity index (χ2v) is 3.11. The van der Waals surface area contributed by atoms with Gasteiger partial charge in [0.15, 0.2) is 0 Å². The SMILES string of the molecule is COc1nc(Cl)nc(NC(=O)N=S(=O)=O)n1. The first kappa shape index (κ1) is 12.3. The number of amides is 2. The zero-order valence-corrected chi connectivity index (χ0v) is 9.28. The number of halogens is 1. The van der Waals surface area contributed by atoms with Crippen molar-refractivity contribution in [1.82, 2.24) is 15.0 Å². The minimum Gasteiger partial charge on any atom is -0.467 e. The molecule has 0 aliphatic heterocycles. The lowest BCUT2D eigenvalue weighted by atomic mass is 10.8. The van der Waals surface area contributed by atoms with Gasteiger partial charge in [0, 0.05) is 0 Å². The van der Waals surface area contributed by atoms with Crippen molar-refractivity contribution in [2.24, 2.45) is 4.36 Å². The van der Waals surface area contributed by atoms with Crippen molar-refractivity contribution in [2.45, 2.75) is 0 Å². The average molecular weight is 266 g/mol. The number of carbonyl (C=O) groups is 1. The van der Waals surface area contributed by atoms with Crippen LogP contribution in [0, 0.1) is 0 Å².